The van der Waals surface area contributed by atoms with Gasteiger partial charge in [0.05, 0.1) is 4.34 Å². The van der Waals surface area contributed by atoms with Crippen molar-refractivity contribution in [2.24, 2.45) is 0 Å². The second-order valence-corrected chi connectivity index (χ2v) is 7.17. The lowest BCUT2D eigenvalue weighted by molar-refractivity contribution is 0.522. The molecule has 0 saturated carbocycles. The number of halogens is 1. The lowest BCUT2D eigenvalue weighted by atomic mass is 9.92. The van der Waals surface area contributed by atoms with Gasteiger partial charge in [0.25, 0.3) is 0 Å². The van der Waals surface area contributed by atoms with Crippen LogP contribution >= 0.6 is 34.7 Å². The highest BCUT2D eigenvalue weighted by molar-refractivity contribution is 7.99. The molecule has 0 spiro atoms. The fourth-order valence-electron chi connectivity index (χ4n) is 2.50. The molecule has 4 heteroatoms. The molecule has 18 heavy (non-hydrogen) atoms. The molecule has 2 unspecified atom stereocenters. The molecule has 0 amide bonds. The van der Waals surface area contributed by atoms with Gasteiger partial charge in [-0.1, -0.05) is 29.8 Å². The van der Waals surface area contributed by atoms with E-state index in [0.717, 1.165) is 10.1 Å². The molecule has 0 saturated heterocycles. The fraction of sp³-hybridized carbons (Fsp3) is 0.286. The van der Waals surface area contributed by atoms with Gasteiger partial charge in [0.1, 0.15) is 0 Å². The molecule has 0 fully saturated rings. The van der Waals surface area contributed by atoms with Crippen molar-refractivity contribution in [2.75, 3.05) is 12.8 Å². The van der Waals surface area contributed by atoms with Crippen molar-refractivity contribution in [1.29, 1.82) is 0 Å². The Morgan fingerprint density at radius 3 is 2.83 bits per heavy atom. The van der Waals surface area contributed by atoms with Crippen molar-refractivity contribution < 1.29 is 0 Å². The van der Waals surface area contributed by atoms with Crippen LogP contribution in [0, 0.1) is 0 Å². The van der Waals surface area contributed by atoms with Gasteiger partial charge in [-0.15, -0.1) is 23.1 Å². The molecule has 1 aliphatic heterocycles. The van der Waals surface area contributed by atoms with Crippen LogP contribution in [-0.2, 0) is 0 Å². The molecule has 0 aliphatic carbocycles. The third-order valence-electron chi connectivity index (χ3n) is 3.35. The number of thiophene rings is 1. The van der Waals surface area contributed by atoms with Crippen LogP contribution in [0.25, 0.3) is 0 Å². The van der Waals surface area contributed by atoms with E-state index in [9.17, 15) is 0 Å². The van der Waals surface area contributed by atoms with Crippen LogP contribution < -0.4 is 5.32 Å². The summed E-state index contributed by atoms with van der Waals surface area (Å²) in [5.74, 6) is 1.67. The van der Waals surface area contributed by atoms with Gasteiger partial charge in [0.15, 0.2) is 0 Å². The summed E-state index contributed by atoms with van der Waals surface area (Å²) < 4.78 is 0.865. The quantitative estimate of drug-likeness (QED) is 0.891. The summed E-state index contributed by atoms with van der Waals surface area (Å²) in [5, 5.41) is 3.45. The molecule has 1 aromatic carbocycles. The lowest BCUT2D eigenvalue weighted by Gasteiger charge is -2.22. The molecule has 3 rings (SSSR count). The highest BCUT2D eigenvalue weighted by Crippen LogP contribution is 2.46. The van der Waals surface area contributed by atoms with Crippen molar-refractivity contribution in [1.82, 2.24) is 5.32 Å². The normalized spacial score (nSPS) is 19.8. The van der Waals surface area contributed by atoms with Gasteiger partial charge in [-0.05, 0) is 30.8 Å². The van der Waals surface area contributed by atoms with Gasteiger partial charge in [-0.2, -0.15) is 0 Å². The van der Waals surface area contributed by atoms with Gasteiger partial charge in [0, 0.05) is 27.5 Å². The number of hydrogen-bond donors (Lipinski definition) is 1. The first-order valence-corrected chi connectivity index (χ1v) is 8.12. The molecule has 2 heterocycles. The van der Waals surface area contributed by atoms with Crippen LogP contribution in [0.15, 0.2) is 41.3 Å². The van der Waals surface area contributed by atoms with E-state index in [2.05, 4.69) is 35.6 Å². The van der Waals surface area contributed by atoms with Crippen molar-refractivity contribution in [3.05, 3.63) is 51.2 Å². The maximum atomic E-state index is 6.05. The van der Waals surface area contributed by atoms with E-state index in [4.69, 9.17) is 11.6 Å². The molecule has 1 aliphatic rings. The predicted octanol–water partition coefficient (Wildman–Crippen LogP) is 4.55. The molecular formula is C14H14ClNS2. The Morgan fingerprint density at radius 1 is 1.28 bits per heavy atom. The molecular weight excluding hydrogens is 282 g/mol. The highest BCUT2D eigenvalue weighted by atomic mass is 35.5. The number of fused-ring (bicyclic) bond motifs is 1. The summed E-state index contributed by atoms with van der Waals surface area (Å²) in [6, 6.07) is 13.2. The second-order valence-electron chi connectivity index (χ2n) is 4.36. The van der Waals surface area contributed by atoms with Crippen LogP contribution in [0.5, 0.6) is 0 Å². The average molecular weight is 296 g/mol. The molecule has 0 radical (unpaired) electrons. The zero-order valence-corrected chi connectivity index (χ0v) is 12.4. The molecule has 2 atom stereocenters. The molecule has 1 nitrogen and oxygen atoms in total. The summed E-state index contributed by atoms with van der Waals surface area (Å²) in [7, 11) is 2.03. The Balaban J connectivity index is 1.95. The first-order valence-electron chi connectivity index (χ1n) is 5.94. The lowest BCUT2D eigenvalue weighted by Crippen LogP contribution is -2.23. The Labute approximate surface area is 121 Å². The minimum absolute atomic E-state index is 0.360. The number of benzene rings is 1. The van der Waals surface area contributed by atoms with Crippen molar-refractivity contribution in [3.63, 3.8) is 0 Å². The minimum atomic E-state index is 0.360. The Hall–Kier alpha value is -0.480. The molecule has 1 aromatic heterocycles. The third-order valence-corrected chi connectivity index (χ3v) is 5.87. The summed E-state index contributed by atoms with van der Waals surface area (Å²) in [6.45, 7) is 0. The number of thioether (sulfide) groups is 1. The van der Waals surface area contributed by atoms with Crippen molar-refractivity contribution in [2.45, 2.75) is 16.9 Å². The molecule has 2 aromatic rings. The maximum absolute atomic E-state index is 6.05. The summed E-state index contributed by atoms with van der Waals surface area (Å²) >= 11 is 9.68. The summed E-state index contributed by atoms with van der Waals surface area (Å²) in [5.41, 5.74) is 1.46. The van der Waals surface area contributed by atoms with Gasteiger partial charge in [-0.3, -0.25) is 0 Å². The van der Waals surface area contributed by atoms with E-state index in [1.165, 1.54) is 15.3 Å². The van der Waals surface area contributed by atoms with Crippen molar-refractivity contribution >= 4 is 34.7 Å². The van der Waals surface area contributed by atoms with Crippen LogP contribution in [0.3, 0.4) is 0 Å². The van der Waals surface area contributed by atoms with E-state index < -0.39 is 0 Å². The largest absolute Gasteiger partial charge is 0.312 e. The van der Waals surface area contributed by atoms with E-state index >= 15 is 0 Å². The van der Waals surface area contributed by atoms with E-state index in [1.807, 2.05) is 24.9 Å². The van der Waals surface area contributed by atoms with Gasteiger partial charge in [0.2, 0.25) is 0 Å². The Bertz CT molecular complexity index is 552. The number of likely N-dealkylation sites (N-methyl/N-ethyl adjacent to an activating group) is 1. The number of nitrogens with one attached hydrogen (secondary N) is 1. The fourth-order valence-corrected chi connectivity index (χ4v) is 5.03. The topological polar surface area (TPSA) is 12.0 Å². The highest BCUT2D eigenvalue weighted by Gasteiger charge is 2.31. The van der Waals surface area contributed by atoms with Gasteiger partial charge < -0.3 is 5.32 Å². The SMILES string of the molecule is CNC(c1ccc(Cl)s1)C1CSc2ccccc21. The third kappa shape index (κ3) is 2.21. The first kappa shape index (κ1) is 12.5. The Morgan fingerprint density at radius 2 is 2.11 bits per heavy atom. The number of hydrogen-bond acceptors (Lipinski definition) is 3. The van der Waals surface area contributed by atoms with Crippen LogP contribution in [0.2, 0.25) is 4.34 Å². The zero-order valence-electron chi connectivity index (χ0n) is 10.0. The predicted molar refractivity (Wildman–Crippen MR) is 81.0 cm³/mol. The van der Waals surface area contributed by atoms with E-state index in [1.54, 1.807) is 11.3 Å². The number of rotatable bonds is 3. The van der Waals surface area contributed by atoms with Gasteiger partial charge in [-0.25, -0.2) is 0 Å². The monoisotopic (exact) mass is 295 g/mol. The standard InChI is InChI=1S/C14H14ClNS2/c1-16-14(12-6-7-13(15)18-12)10-8-17-11-5-3-2-4-9(10)11/h2-7,10,14,16H,8H2,1H3. The summed E-state index contributed by atoms with van der Waals surface area (Å²) in [6.07, 6.45) is 0. The van der Waals surface area contributed by atoms with Crippen LogP contribution in [-0.4, -0.2) is 12.8 Å². The van der Waals surface area contributed by atoms with Gasteiger partial charge >= 0.3 is 0 Å². The van der Waals surface area contributed by atoms with Crippen LogP contribution in [0.4, 0.5) is 0 Å². The molecule has 1 N–H and O–H groups in total. The maximum Gasteiger partial charge on any atom is 0.0931 e. The average Bonchev–Trinajstić information content (AvgIpc) is 2.98. The molecule has 94 valence electrons. The van der Waals surface area contributed by atoms with Crippen molar-refractivity contribution in [3.8, 4) is 0 Å². The second kappa shape index (κ2) is 5.25. The summed E-state index contributed by atoms with van der Waals surface area (Å²) in [4.78, 5) is 2.75. The zero-order chi connectivity index (χ0) is 12.5. The minimum Gasteiger partial charge on any atom is -0.312 e. The molecule has 0 bridgehead atoms. The van der Waals surface area contributed by atoms with E-state index in [-0.39, 0.29) is 0 Å². The first-order chi connectivity index (χ1) is 8.79. The van der Waals surface area contributed by atoms with Crippen LogP contribution in [0.1, 0.15) is 22.4 Å². The smallest absolute Gasteiger partial charge is 0.0931 e. The van der Waals surface area contributed by atoms with E-state index in [0.29, 0.717) is 12.0 Å². The Kier molecular flexibility index (Phi) is 3.66.